The van der Waals surface area contributed by atoms with Crippen LogP contribution in [0.25, 0.3) is 11.4 Å². The standard InChI is InChI=1S/C10H9FN4O2/c1-6(10(16)17)15-13-9(12-14-15)7-2-4-8(11)5-3-7/h2-6H,1H3,(H,16,17)/p-1. The second-order valence-electron chi connectivity index (χ2n) is 3.44. The lowest BCUT2D eigenvalue weighted by atomic mass is 10.2. The largest absolute Gasteiger partial charge is 0.548 e. The molecule has 0 aliphatic carbocycles. The monoisotopic (exact) mass is 235 g/mol. The molecule has 0 spiro atoms. The van der Waals surface area contributed by atoms with Crippen LogP contribution in [0.1, 0.15) is 13.0 Å². The zero-order valence-electron chi connectivity index (χ0n) is 8.87. The van der Waals surface area contributed by atoms with Gasteiger partial charge in [-0.3, -0.25) is 0 Å². The second kappa shape index (κ2) is 4.28. The van der Waals surface area contributed by atoms with Gasteiger partial charge in [0, 0.05) is 5.56 Å². The fourth-order valence-corrected chi connectivity index (χ4v) is 1.20. The van der Waals surface area contributed by atoms with Gasteiger partial charge in [-0.05, 0) is 36.4 Å². The number of carboxylic acids is 1. The Morgan fingerprint density at radius 2 is 2.06 bits per heavy atom. The molecule has 0 N–H and O–H groups in total. The van der Waals surface area contributed by atoms with Crippen LogP contribution in [-0.4, -0.2) is 26.2 Å². The fourth-order valence-electron chi connectivity index (χ4n) is 1.20. The van der Waals surface area contributed by atoms with Gasteiger partial charge in [-0.1, -0.05) is 0 Å². The van der Waals surface area contributed by atoms with E-state index in [4.69, 9.17) is 0 Å². The van der Waals surface area contributed by atoms with Gasteiger partial charge in [0.1, 0.15) is 11.9 Å². The minimum atomic E-state index is -1.30. The van der Waals surface area contributed by atoms with Crippen molar-refractivity contribution in [1.29, 1.82) is 0 Å². The number of aromatic nitrogens is 4. The molecule has 0 radical (unpaired) electrons. The fraction of sp³-hybridized carbons (Fsp3) is 0.200. The molecule has 6 nitrogen and oxygen atoms in total. The molecule has 0 fully saturated rings. The van der Waals surface area contributed by atoms with Crippen molar-refractivity contribution in [1.82, 2.24) is 20.2 Å². The highest BCUT2D eigenvalue weighted by molar-refractivity contribution is 5.68. The van der Waals surface area contributed by atoms with E-state index in [2.05, 4.69) is 15.4 Å². The number of tetrazole rings is 1. The van der Waals surface area contributed by atoms with Crippen molar-refractivity contribution in [3.8, 4) is 11.4 Å². The summed E-state index contributed by atoms with van der Waals surface area (Å²) in [5.41, 5.74) is 0.559. The number of hydrogen-bond acceptors (Lipinski definition) is 5. The molecule has 7 heteroatoms. The van der Waals surface area contributed by atoms with Crippen molar-refractivity contribution in [2.75, 3.05) is 0 Å². The zero-order valence-corrected chi connectivity index (χ0v) is 8.87. The second-order valence-corrected chi connectivity index (χ2v) is 3.44. The van der Waals surface area contributed by atoms with Crippen molar-refractivity contribution < 1.29 is 14.3 Å². The minimum absolute atomic E-state index is 0.234. The summed E-state index contributed by atoms with van der Waals surface area (Å²) in [6, 6.07) is 4.49. The molecule has 2 aromatic rings. The Morgan fingerprint density at radius 1 is 1.41 bits per heavy atom. The maximum absolute atomic E-state index is 12.7. The van der Waals surface area contributed by atoms with Crippen LogP contribution in [0.3, 0.4) is 0 Å². The van der Waals surface area contributed by atoms with Gasteiger partial charge in [-0.25, -0.2) is 4.39 Å². The summed E-state index contributed by atoms with van der Waals surface area (Å²) < 4.78 is 12.7. The van der Waals surface area contributed by atoms with Gasteiger partial charge in [0.15, 0.2) is 0 Å². The average Bonchev–Trinajstić information content (AvgIpc) is 2.78. The molecule has 1 aromatic carbocycles. The normalized spacial score (nSPS) is 12.4. The Labute approximate surface area is 95.7 Å². The van der Waals surface area contributed by atoms with E-state index in [9.17, 15) is 14.3 Å². The van der Waals surface area contributed by atoms with Crippen LogP contribution in [0.5, 0.6) is 0 Å². The molecule has 0 aliphatic heterocycles. The first-order valence-corrected chi connectivity index (χ1v) is 4.84. The van der Waals surface area contributed by atoms with Gasteiger partial charge >= 0.3 is 0 Å². The molecular weight excluding hydrogens is 227 g/mol. The lowest BCUT2D eigenvalue weighted by molar-refractivity contribution is -0.310. The number of carboxylic acid groups (broad SMARTS) is 1. The zero-order chi connectivity index (χ0) is 12.4. The van der Waals surface area contributed by atoms with Crippen LogP contribution in [0.2, 0.25) is 0 Å². The Morgan fingerprint density at radius 3 is 2.65 bits per heavy atom. The molecule has 1 aromatic heterocycles. The molecule has 88 valence electrons. The molecule has 2 rings (SSSR count). The Kier molecular flexibility index (Phi) is 2.82. The lowest BCUT2D eigenvalue weighted by Crippen LogP contribution is -2.32. The predicted octanol–water partition coefficient (Wildman–Crippen LogP) is -0.210. The van der Waals surface area contributed by atoms with Crippen molar-refractivity contribution in [2.45, 2.75) is 13.0 Å². The molecule has 0 aliphatic rings. The van der Waals surface area contributed by atoms with E-state index < -0.39 is 12.0 Å². The number of carbonyl (C=O) groups excluding carboxylic acids is 1. The van der Waals surface area contributed by atoms with Crippen molar-refractivity contribution in [2.24, 2.45) is 0 Å². The summed E-state index contributed by atoms with van der Waals surface area (Å²) in [7, 11) is 0. The highest BCUT2D eigenvalue weighted by Gasteiger charge is 2.11. The van der Waals surface area contributed by atoms with Gasteiger partial charge in [0.05, 0.1) is 5.97 Å². The number of hydrogen-bond donors (Lipinski definition) is 0. The number of benzene rings is 1. The SMILES string of the molecule is CC(C(=O)[O-])n1nnc(-c2ccc(F)cc2)n1. The van der Waals surface area contributed by atoms with Gasteiger partial charge in [0.2, 0.25) is 5.82 Å². The number of aliphatic carboxylic acids is 1. The quantitative estimate of drug-likeness (QED) is 0.735. The number of carbonyl (C=O) groups is 1. The first-order valence-electron chi connectivity index (χ1n) is 4.84. The molecule has 0 amide bonds. The number of rotatable bonds is 3. The molecule has 0 saturated heterocycles. The summed E-state index contributed by atoms with van der Waals surface area (Å²) in [5.74, 6) is -1.43. The topological polar surface area (TPSA) is 83.7 Å². The first kappa shape index (κ1) is 11.2. The van der Waals surface area contributed by atoms with E-state index in [-0.39, 0.29) is 11.6 Å². The van der Waals surface area contributed by atoms with Crippen LogP contribution in [-0.2, 0) is 4.79 Å². The smallest absolute Gasteiger partial charge is 0.204 e. The van der Waals surface area contributed by atoms with E-state index in [1.165, 1.54) is 31.2 Å². The van der Waals surface area contributed by atoms with Gasteiger partial charge in [-0.2, -0.15) is 4.80 Å². The van der Waals surface area contributed by atoms with Crippen LogP contribution >= 0.6 is 0 Å². The summed E-state index contributed by atoms with van der Waals surface area (Å²) in [6.07, 6.45) is 0. The predicted molar refractivity (Wildman–Crippen MR) is 52.9 cm³/mol. The highest BCUT2D eigenvalue weighted by atomic mass is 19.1. The maximum Gasteiger partial charge on any atom is 0.204 e. The van der Waals surface area contributed by atoms with Crippen LogP contribution in [0.4, 0.5) is 4.39 Å². The van der Waals surface area contributed by atoms with Crippen LogP contribution in [0, 0.1) is 5.82 Å². The lowest BCUT2D eigenvalue weighted by Gasteiger charge is -2.09. The summed E-state index contributed by atoms with van der Waals surface area (Å²) >= 11 is 0. The van der Waals surface area contributed by atoms with Crippen molar-refractivity contribution in [3.63, 3.8) is 0 Å². The molecule has 17 heavy (non-hydrogen) atoms. The summed E-state index contributed by atoms with van der Waals surface area (Å²) in [6.45, 7) is 1.38. The first-order chi connectivity index (χ1) is 8.08. The third-order valence-electron chi connectivity index (χ3n) is 2.22. The van der Waals surface area contributed by atoms with Crippen LogP contribution in [0.15, 0.2) is 24.3 Å². The third kappa shape index (κ3) is 2.27. The molecule has 1 heterocycles. The van der Waals surface area contributed by atoms with Crippen molar-refractivity contribution >= 4 is 5.97 Å². The highest BCUT2D eigenvalue weighted by Crippen LogP contribution is 2.14. The molecule has 0 saturated carbocycles. The van der Waals surface area contributed by atoms with Gasteiger partial charge in [-0.15, -0.1) is 10.2 Å². The van der Waals surface area contributed by atoms with E-state index >= 15 is 0 Å². The minimum Gasteiger partial charge on any atom is -0.548 e. The van der Waals surface area contributed by atoms with E-state index in [1.807, 2.05) is 0 Å². The van der Waals surface area contributed by atoms with Gasteiger partial charge < -0.3 is 9.90 Å². The average molecular weight is 235 g/mol. The van der Waals surface area contributed by atoms with E-state index in [0.29, 0.717) is 5.56 Å². The van der Waals surface area contributed by atoms with Gasteiger partial charge in [0.25, 0.3) is 0 Å². The maximum atomic E-state index is 12.7. The molecular formula is C10H8FN4O2-. The van der Waals surface area contributed by atoms with Crippen molar-refractivity contribution in [3.05, 3.63) is 30.1 Å². The van der Waals surface area contributed by atoms with Crippen LogP contribution < -0.4 is 5.11 Å². The molecule has 1 unspecified atom stereocenters. The summed E-state index contributed by atoms with van der Waals surface area (Å²) in [5, 5.41) is 21.8. The number of halogens is 1. The summed E-state index contributed by atoms with van der Waals surface area (Å²) in [4.78, 5) is 11.5. The third-order valence-corrected chi connectivity index (χ3v) is 2.22. The Bertz CT molecular complexity index is 537. The van der Waals surface area contributed by atoms with E-state index in [0.717, 1.165) is 4.80 Å². The van der Waals surface area contributed by atoms with E-state index in [1.54, 1.807) is 0 Å². The Hall–Kier alpha value is -2.31. The number of nitrogens with zero attached hydrogens (tertiary/aromatic N) is 4. The molecule has 0 bridgehead atoms. The molecule has 1 atom stereocenters. The Balaban J connectivity index is 2.29.